The van der Waals surface area contributed by atoms with Crippen LogP contribution < -0.4 is 10.1 Å². The number of hydrogen-bond donors (Lipinski definition) is 1. The molecule has 0 fully saturated rings. The Bertz CT molecular complexity index is 1040. The maximum absolute atomic E-state index is 13.0. The molecule has 1 aliphatic heterocycles. The molecule has 0 saturated heterocycles. The van der Waals surface area contributed by atoms with Gasteiger partial charge in [0.15, 0.2) is 11.2 Å². The normalized spacial score (nSPS) is 14.3. The van der Waals surface area contributed by atoms with Crippen molar-refractivity contribution in [2.75, 3.05) is 11.9 Å². The second-order valence-corrected chi connectivity index (χ2v) is 10.0. The van der Waals surface area contributed by atoms with Gasteiger partial charge in [-0.05, 0) is 38.8 Å². The summed E-state index contributed by atoms with van der Waals surface area (Å²) in [6.45, 7) is 10.2. The fourth-order valence-corrected chi connectivity index (χ4v) is 4.23. The van der Waals surface area contributed by atoms with E-state index in [1.165, 1.54) is 11.3 Å². The third kappa shape index (κ3) is 5.77. The molecule has 1 aromatic heterocycles. The molecule has 1 unspecified atom stereocenters. The number of anilines is 1. The highest BCUT2D eigenvalue weighted by molar-refractivity contribution is 7.15. The van der Waals surface area contributed by atoms with Gasteiger partial charge in [-0.2, -0.15) is 5.26 Å². The van der Waals surface area contributed by atoms with Crippen molar-refractivity contribution in [2.24, 2.45) is 5.92 Å². The Morgan fingerprint density at radius 1 is 1.28 bits per heavy atom. The summed E-state index contributed by atoms with van der Waals surface area (Å²) in [6, 6.07) is 8.91. The van der Waals surface area contributed by atoms with Gasteiger partial charge in [-0.15, -0.1) is 0 Å². The summed E-state index contributed by atoms with van der Waals surface area (Å²) in [5.74, 6) is -0.0860. The van der Waals surface area contributed by atoms with E-state index in [9.17, 15) is 14.9 Å². The van der Waals surface area contributed by atoms with E-state index in [-0.39, 0.29) is 17.9 Å². The minimum absolute atomic E-state index is 0.126. The van der Waals surface area contributed by atoms with Crippen LogP contribution in [0.2, 0.25) is 0 Å². The predicted molar refractivity (Wildman–Crippen MR) is 122 cm³/mol. The Hall–Kier alpha value is -3.12. The molecule has 1 atom stereocenters. The average Bonchev–Trinajstić information content (AvgIpc) is 3.11. The maximum Gasteiger partial charge on any atom is 0.410 e. The molecule has 0 bridgehead atoms. The first-order valence-corrected chi connectivity index (χ1v) is 11.3. The molecule has 0 radical (unpaired) electrons. The molecular weight excluding hydrogens is 428 g/mol. The Labute approximate surface area is 192 Å². The van der Waals surface area contributed by atoms with Gasteiger partial charge in [-0.1, -0.05) is 37.3 Å². The van der Waals surface area contributed by atoms with Crippen LogP contribution in [0, 0.1) is 17.2 Å². The van der Waals surface area contributed by atoms with Gasteiger partial charge in [0, 0.05) is 17.8 Å². The van der Waals surface area contributed by atoms with Crippen LogP contribution in [0.5, 0.6) is 5.75 Å². The summed E-state index contributed by atoms with van der Waals surface area (Å²) in [5, 5.41) is 12.6. The average molecular weight is 457 g/mol. The largest absolute Gasteiger partial charge is 0.479 e. The summed E-state index contributed by atoms with van der Waals surface area (Å²) in [5.41, 5.74) is 0.695. The number of amides is 2. The minimum atomic E-state index is -0.788. The van der Waals surface area contributed by atoms with Gasteiger partial charge in [0.25, 0.3) is 5.91 Å². The van der Waals surface area contributed by atoms with E-state index in [1.807, 2.05) is 34.6 Å². The predicted octanol–water partition coefficient (Wildman–Crippen LogP) is 4.35. The van der Waals surface area contributed by atoms with Crippen molar-refractivity contribution < 1.29 is 19.1 Å². The van der Waals surface area contributed by atoms with Gasteiger partial charge in [0.05, 0.1) is 17.8 Å². The minimum Gasteiger partial charge on any atom is -0.479 e. The molecular formula is C23H28N4O4S. The number of benzene rings is 1. The molecule has 0 spiro atoms. The second kappa shape index (κ2) is 9.57. The van der Waals surface area contributed by atoms with Crippen LogP contribution in [0.25, 0.3) is 0 Å². The first-order chi connectivity index (χ1) is 15.1. The smallest absolute Gasteiger partial charge is 0.410 e. The van der Waals surface area contributed by atoms with E-state index in [2.05, 4.69) is 16.4 Å². The molecule has 1 N–H and O–H groups in total. The van der Waals surface area contributed by atoms with Gasteiger partial charge in [0.2, 0.25) is 0 Å². The van der Waals surface area contributed by atoms with Crippen molar-refractivity contribution in [1.82, 2.24) is 9.88 Å². The standard InChI is InChI=1S/C23H28N4O4S/c1-14(2)19(30-17-9-7-6-8-15(17)12-24)20(28)26-21-25-16-10-11-27(13-18(16)32-21)22(29)31-23(3,4)5/h6-9,14,19H,10-11,13H2,1-5H3,(H,25,26,28). The molecule has 3 rings (SSSR count). The lowest BCUT2D eigenvalue weighted by atomic mass is 10.1. The number of carbonyl (C=O) groups excluding carboxylic acids is 2. The van der Waals surface area contributed by atoms with Crippen molar-refractivity contribution in [1.29, 1.82) is 5.26 Å². The van der Waals surface area contributed by atoms with Crippen LogP contribution in [-0.4, -0.2) is 40.1 Å². The quantitative estimate of drug-likeness (QED) is 0.717. The number of aromatic nitrogens is 1. The van der Waals surface area contributed by atoms with Gasteiger partial charge in [-0.3, -0.25) is 10.1 Å². The number of carbonyl (C=O) groups is 2. The number of thiazole rings is 1. The van der Waals surface area contributed by atoms with Crippen LogP contribution >= 0.6 is 11.3 Å². The molecule has 0 aliphatic carbocycles. The Morgan fingerprint density at radius 2 is 2.00 bits per heavy atom. The van der Waals surface area contributed by atoms with E-state index in [0.717, 1.165) is 10.6 Å². The molecule has 2 aromatic rings. The summed E-state index contributed by atoms with van der Waals surface area (Å²) in [4.78, 5) is 32.5. The zero-order valence-electron chi connectivity index (χ0n) is 19.0. The van der Waals surface area contributed by atoms with Crippen molar-refractivity contribution in [3.8, 4) is 11.8 Å². The van der Waals surface area contributed by atoms with Crippen LogP contribution in [0.4, 0.5) is 9.93 Å². The fraction of sp³-hybridized carbons (Fsp3) is 0.478. The zero-order valence-corrected chi connectivity index (χ0v) is 19.8. The number of rotatable bonds is 5. The van der Waals surface area contributed by atoms with Crippen molar-refractivity contribution >= 4 is 28.5 Å². The number of ether oxygens (including phenoxy) is 2. The molecule has 2 amide bonds. The van der Waals surface area contributed by atoms with Crippen LogP contribution in [0.3, 0.4) is 0 Å². The van der Waals surface area contributed by atoms with E-state index in [0.29, 0.717) is 36.0 Å². The van der Waals surface area contributed by atoms with Crippen LogP contribution in [0.1, 0.15) is 50.8 Å². The third-order valence-electron chi connectivity index (χ3n) is 4.74. The third-order valence-corrected chi connectivity index (χ3v) is 5.74. The molecule has 8 nitrogen and oxygen atoms in total. The maximum atomic E-state index is 13.0. The molecule has 1 aliphatic rings. The van der Waals surface area contributed by atoms with Gasteiger partial charge in [-0.25, -0.2) is 9.78 Å². The first kappa shape index (κ1) is 23.5. The van der Waals surface area contributed by atoms with Crippen LogP contribution in [-0.2, 0) is 22.5 Å². The summed E-state index contributed by atoms with van der Waals surface area (Å²) >= 11 is 1.35. The van der Waals surface area contributed by atoms with E-state index in [1.54, 1.807) is 29.2 Å². The zero-order chi connectivity index (χ0) is 23.5. The highest BCUT2D eigenvalue weighted by Gasteiger charge is 2.30. The van der Waals surface area contributed by atoms with E-state index >= 15 is 0 Å². The molecule has 0 saturated carbocycles. The molecule has 9 heteroatoms. The van der Waals surface area contributed by atoms with Crippen molar-refractivity contribution in [3.05, 3.63) is 40.4 Å². The van der Waals surface area contributed by atoms with E-state index < -0.39 is 11.7 Å². The fourth-order valence-electron chi connectivity index (χ4n) is 3.20. The van der Waals surface area contributed by atoms with Crippen molar-refractivity contribution in [3.63, 3.8) is 0 Å². The lowest BCUT2D eigenvalue weighted by Crippen LogP contribution is -2.39. The Morgan fingerprint density at radius 3 is 2.66 bits per heavy atom. The number of nitrogens with one attached hydrogen (secondary N) is 1. The lowest BCUT2D eigenvalue weighted by Gasteiger charge is -2.29. The topological polar surface area (TPSA) is 105 Å². The highest BCUT2D eigenvalue weighted by atomic mass is 32.1. The Balaban J connectivity index is 1.69. The monoisotopic (exact) mass is 456 g/mol. The number of fused-ring (bicyclic) bond motifs is 1. The number of nitrogens with zero attached hydrogens (tertiary/aromatic N) is 3. The van der Waals surface area contributed by atoms with Gasteiger partial charge < -0.3 is 14.4 Å². The summed E-state index contributed by atoms with van der Waals surface area (Å²) < 4.78 is 11.4. The molecule has 2 heterocycles. The van der Waals surface area contributed by atoms with Gasteiger partial charge in [0.1, 0.15) is 17.4 Å². The number of para-hydroxylation sites is 1. The summed E-state index contributed by atoms with van der Waals surface area (Å²) in [7, 11) is 0. The van der Waals surface area contributed by atoms with Crippen molar-refractivity contribution in [2.45, 2.75) is 59.3 Å². The molecule has 32 heavy (non-hydrogen) atoms. The number of hydrogen-bond acceptors (Lipinski definition) is 7. The first-order valence-electron chi connectivity index (χ1n) is 10.5. The lowest BCUT2D eigenvalue weighted by molar-refractivity contribution is -0.124. The Kier molecular flexibility index (Phi) is 7.04. The molecule has 170 valence electrons. The van der Waals surface area contributed by atoms with E-state index in [4.69, 9.17) is 9.47 Å². The second-order valence-electron chi connectivity index (χ2n) is 8.92. The highest BCUT2D eigenvalue weighted by Crippen LogP contribution is 2.30. The van der Waals surface area contributed by atoms with Gasteiger partial charge >= 0.3 is 6.09 Å². The molecule has 1 aromatic carbocycles. The summed E-state index contributed by atoms with van der Waals surface area (Å²) in [6.07, 6.45) is -0.545. The SMILES string of the molecule is CC(C)C(Oc1ccccc1C#N)C(=O)Nc1nc2c(s1)CN(C(=O)OC(C)(C)C)CC2. The number of nitriles is 1. The van der Waals surface area contributed by atoms with Crippen LogP contribution in [0.15, 0.2) is 24.3 Å².